The van der Waals surface area contributed by atoms with Gasteiger partial charge in [-0.05, 0) is 75.0 Å². The third-order valence-corrected chi connectivity index (χ3v) is 10.3. The highest BCUT2D eigenvalue weighted by atomic mass is 16.3. The standard InChI is InChI=1S/C39H44N4O3/c1-9-42-29-17-13-11-15-27(29)38(3,4)31(42)23-21-25-19-20-26(33(25)34-35(44)40(7)37(46)41(8)36(34)45)22-24-32-39(5,6)28-16-12-14-18-30(28)43(32)10-2/h11-18,21-24H,9-10,19-20H2,1-8H3/p+1/b25-21+,31-23+. The van der Waals surface area contributed by atoms with Gasteiger partial charge in [-0.1, -0.05) is 62.4 Å². The third-order valence-electron chi connectivity index (χ3n) is 10.3. The number of nitrogens with zero attached hydrogens (tertiary/aromatic N) is 4. The molecule has 6 rings (SSSR count). The van der Waals surface area contributed by atoms with E-state index in [-0.39, 0.29) is 22.3 Å². The van der Waals surface area contributed by atoms with Gasteiger partial charge in [-0.15, -0.1) is 0 Å². The van der Waals surface area contributed by atoms with Crippen molar-refractivity contribution in [3.05, 3.63) is 127 Å². The molecule has 1 aliphatic carbocycles. The van der Waals surface area contributed by atoms with Crippen LogP contribution in [-0.4, -0.2) is 37.6 Å². The molecule has 0 saturated heterocycles. The van der Waals surface area contributed by atoms with Gasteiger partial charge in [-0.3, -0.25) is 13.9 Å². The van der Waals surface area contributed by atoms with Gasteiger partial charge in [0.25, 0.3) is 5.56 Å². The maximum Gasteiger partial charge on any atom is 0.333 e. The van der Waals surface area contributed by atoms with Crippen LogP contribution in [-0.2, 0) is 24.9 Å². The van der Waals surface area contributed by atoms with Crippen molar-refractivity contribution in [1.29, 1.82) is 0 Å². The van der Waals surface area contributed by atoms with Gasteiger partial charge in [-0.2, -0.15) is 4.58 Å². The lowest BCUT2D eigenvalue weighted by Gasteiger charge is -2.26. The number of aromatic nitrogens is 2. The summed E-state index contributed by atoms with van der Waals surface area (Å²) in [4.78, 5) is 28.8. The third kappa shape index (κ3) is 4.58. The van der Waals surface area contributed by atoms with Gasteiger partial charge in [0.15, 0.2) is 5.71 Å². The van der Waals surface area contributed by atoms with Crippen LogP contribution in [0.5, 0.6) is 5.88 Å². The van der Waals surface area contributed by atoms with Crippen molar-refractivity contribution in [1.82, 2.24) is 9.13 Å². The fourth-order valence-corrected chi connectivity index (χ4v) is 7.75. The molecule has 1 aromatic heterocycles. The molecule has 46 heavy (non-hydrogen) atoms. The van der Waals surface area contributed by atoms with E-state index in [2.05, 4.69) is 124 Å². The Hall–Kier alpha value is -4.65. The number of allylic oxidation sites excluding steroid dienone is 8. The summed E-state index contributed by atoms with van der Waals surface area (Å²) in [7, 11) is 2.97. The number of hydrogen-bond donors (Lipinski definition) is 1. The number of para-hydroxylation sites is 2. The van der Waals surface area contributed by atoms with E-state index in [1.807, 2.05) is 0 Å². The summed E-state index contributed by atoms with van der Waals surface area (Å²) in [6.45, 7) is 15.0. The normalized spacial score (nSPS) is 20.1. The summed E-state index contributed by atoms with van der Waals surface area (Å²) < 4.78 is 4.58. The van der Waals surface area contributed by atoms with Crippen LogP contribution in [0.2, 0.25) is 0 Å². The zero-order valence-corrected chi connectivity index (χ0v) is 28.3. The second-order valence-corrected chi connectivity index (χ2v) is 13.5. The Morgan fingerprint density at radius 2 is 1.52 bits per heavy atom. The molecule has 3 aliphatic rings. The molecule has 0 fully saturated rings. The smallest absolute Gasteiger partial charge is 0.333 e. The Bertz CT molecular complexity index is 2050. The van der Waals surface area contributed by atoms with Crippen molar-refractivity contribution in [3.8, 4) is 5.88 Å². The maximum atomic E-state index is 13.7. The van der Waals surface area contributed by atoms with Crippen molar-refractivity contribution in [2.24, 2.45) is 14.1 Å². The fourth-order valence-electron chi connectivity index (χ4n) is 7.75. The Balaban J connectivity index is 1.54. The van der Waals surface area contributed by atoms with Crippen LogP contribution in [0.25, 0.3) is 5.57 Å². The molecular formula is C39H45N4O3+. The predicted molar refractivity (Wildman–Crippen MR) is 187 cm³/mol. The van der Waals surface area contributed by atoms with Gasteiger partial charge in [-0.25, -0.2) is 4.79 Å². The van der Waals surface area contributed by atoms with Crippen LogP contribution in [0.3, 0.4) is 0 Å². The second-order valence-electron chi connectivity index (χ2n) is 13.5. The summed E-state index contributed by atoms with van der Waals surface area (Å²) >= 11 is 0. The lowest BCUT2D eigenvalue weighted by Crippen LogP contribution is -2.38. The fraction of sp³-hybridized carbons (Fsp3) is 0.359. The molecule has 0 unspecified atom stereocenters. The predicted octanol–water partition coefficient (Wildman–Crippen LogP) is 6.62. The van der Waals surface area contributed by atoms with E-state index < -0.39 is 11.2 Å². The van der Waals surface area contributed by atoms with Crippen molar-refractivity contribution in [2.75, 3.05) is 18.0 Å². The van der Waals surface area contributed by atoms with E-state index in [0.717, 1.165) is 33.4 Å². The quantitative estimate of drug-likeness (QED) is 0.316. The highest BCUT2D eigenvalue weighted by Gasteiger charge is 2.44. The minimum atomic E-state index is -0.557. The molecule has 0 radical (unpaired) electrons. The molecule has 0 spiro atoms. The first kappa shape index (κ1) is 31.3. The van der Waals surface area contributed by atoms with Gasteiger partial charge >= 0.3 is 5.69 Å². The number of benzene rings is 2. The molecule has 3 heterocycles. The van der Waals surface area contributed by atoms with E-state index >= 15 is 0 Å². The topological polar surface area (TPSA) is 70.5 Å². The monoisotopic (exact) mass is 617 g/mol. The molecule has 0 amide bonds. The van der Waals surface area contributed by atoms with Crippen LogP contribution >= 0.6 is 0 Å². The van der Waals surface area contributed by atoms with Gasteiger partial charge in [0.1, 0.15) is 12.1 Å². The van der Waals surface area contributed by atoms with E-state index in [9.17, 15) is 14.7 Å². The molecule has 7 heteroatoms. The average Bonchev–Trinajstić information content (AvgIpc) is 3.61. The number of hydrogen-bond acceptors (Lipinski definition) is 4. The van der Waals surface area contributed by atoms with Crippen molar-refractivity contribution >= 4 is 22.7 Å². The van der Waals surface area contributed by atoms with Gasteiger partial charge < -0.3 is 10.0 Å². The first-order valence-corrected chi connectivity index (χ1v) is 16.3. The minimum Gasteiger partial charge on any atom is -0.494 e. The average molecular weight is 618 g/mol. The molecule has 0 bridgehead atoms. The Labute approximate surface area is 271 Å². The van der Waals surface area contributed by atoms with Gasteiger partial charge in [0.2, 0.25) is 11.6 Å². The van der Waals surface area contributed by atoms with Gasteiger partial charge in [0, 0.05) is 55.1 Å². The summed E-state index contributed by atoms with van der Waals surface area (Å²) in [6.07, 6.45) is 10.0. The van der Waals surface area contributed by atoms with Crippen LogP contribution in [0.4, 0.5) is 11.4 Å². The number of rotatable bonds is 6. The molecule has 238 valence electrons. The molecular weight excluding hydrogens is 572 g/mol. The molecule has 0 atom stereocenters. The molecule has 7 nitrogen and oxygen atoms in total. The minimum absolute atomic E-state index is 0.166. The molecule has 3 aromatic rings. The summed E-state index contributed by atoms with van der Waals surface area (Å²) in [5.74, 6) is -0.310. The van der Waals surface area contributed by atoms with Crippen LogP contribution in [0.15, 0.2) is 99.3 Å². The summed E-state index contributed by atoms with van der Waals surface area (Å²) in [5.41, 5.74) is 8.72. The van der Waals surface area contributed by atoms with Crippen molar-refractivity contribution in [2.45, 2.75) is 65.2 Å². The first-order valence-electron chi connectivity index (χ1n) is 16.3. The van der Waals surface area contributed by atoms with E-state index in [1.165, 1.54) is 48.0 Å². The molecule has 1 N–H and O–H groups in total. The largest absolute Gasteiger partial charge is 0.494 e. The maximum absolute atomic E-state index is 13.7. The van der Waals surface area contributed by atoms with E-state index in [0.29, 0.717) is 18.4 Å². The lowest BCUT2D eigenvalue weighted by atomic mass is 9.81. The van der Waals surface area contributed by atoms with Crippen molar-refractivity contribution in [3.63, 3.8) is 0 Å². The Morgan fingerprint density at radius 1 is 0.848 bits per heavy atom. The van der Waals surface area contributed by atoms with Crippen LogP contribution in [0, 0.1) is 0 Å². The van der Waals surface area contributed by atoms with E-state index in [4.69, 9.17) is 0 Å². The Kier molecular flexibility index (Phi) is 7.70. The van der Waals surface area contributed by atoms with Crippen LogP contribution in [0.1, 0.15) is 71.1 Å². The highest BCUT2D eigenvalue weighted by molar-refractivity contribution is 6.03. The van der Waals surface area contributed by atoms with E-state index in [1.54, 1.807) is 0 Å². The number of anilines is 1. The summed E-state index contributed by atoms with van der Waals surface area (Å²) in [5, 5.41) is 11.3. The van der Waals surface area contributed by atoms with Crippen molar-refractivity contribution < 1.29 is 9.68 Å². The summed E-state index contributed by atoms with van der Waals surface area (Å²) in [6, 6.07) is 17.1. The zero-order valence-electron chi connectivity index (χ0n) is 28.3. The lowest BCUT2D eigenvalue weighted by molar-refractivity contribution is -0.433. The number of likely N-dealkylation sites (N-methyl/N-ethyl adjacent to an activating group) is 1. The van der Waals surface area contributed by atoms with Crippen LogP contribution < -0.4 is 16.1 Å². The molecule has 2 aliphatic heterocycles. The Morgan fingerprint density at radius 3 is 2.22 bits per heavy atom. The number of fused-ring (bicyclic) bond motifs is 2. The zero-order chi connectivity index (χ0) is 33.1. The number of aromatic hydroxyl groups is 1. The molecule has 0 saturated carbocycles. The second kappa shape index (κ2) is 11.3. The molecule has 2 aromatic carbocycles. The highest BCUT2D eigenvalue weighted by Crippen LogP contribution is 2.48. The first-order chi connectivity index (χ1) is 21.9. The SMILES string of the molecule is CCN1/C(=C/C=C2\CCC(/C=C/C3=[N+](CC)c4ccccc4C3(C)C)=C2c2c(O)n(C)c(=O)n(C)c2=O)C(C)(C)c2ccccc21. The van der Waals surface area contributed by atoms with Gasteiger partial charge in [0.05, 0.1) is 5.41 Å².